The minimum absolute atomic E-state index is 0.0594. The van der Waals surface area contributed by atoms with Crippen molar-refractivity contribution in [3.63, 3.8) is 0 Å². The third-order valence-electron chi connectivity index (χ3n) is 2.28. The summed E-state index contributed by atoms with van der Waals surface area (Å²) < 4.78 is 5.35. The van der Waals surface area contributed by atoms with Gasteiger partial charge in [-0.3, -0.25) is 0 Å². The predicted molar refractivity (Wildman–Crippen MR) is 59.5 cm³/mol. The van der Waals surface area contributed by atoms with Crippen LogP contribution in [-0.2, 0) is 4.74 Å². The summed E-state index contributed by atoms with van der Waals surface area (Å²) >= 11 is 1.59. The van der Waals surface area contributed by atoms with Crippen LogP contribution in [0.25, 0.3) is 0 Å². The molecular weight excluding hydrogens is 196 g/mol. The van der Waals surface area contributed by atoms with Crippen LogP contribution in [0.5, 0.6) is 0 Å². The van der Waals surface area contributed by atoms with E-state index in [1.807, 2.05) is 16.8 Å². The summed E-state index contributed by atoms with van der Waals surface area (Å²) in [6.07, 6.45) is -0.705. The van der Waals surface area contributed by atoms with Gasteiger partial charge in [0.2, 0.25) is 0 Å². The highest BCUT2D eigenvalue weighted by Crippen LogP contribution is 2.32. The highest BCUT2D eigenvalue weighted by molar-refractivity contribution is 7.07. The lowest BCUT2D eigenvalue weighted by molar-refractivity contribution is -0.0722. The summed E-state index contributed by atoms with van der Waals surface area (Å²) in [4.78, 5) is 0. The number of aliphatic hydroxyl groups is 1. The van der Waals surface area contributed by atoms with Crippen molar-refractivity contribution < 1.29 is 9.84 Å². The Morgan fingerprint density at radius 2 is 2.07 bits per heavy atom. The Balaban J connectivity index is 2.81. The van der Waals surface area contributed by atoms with E-state index in [0.717, 1.165) is 5.56 Å². The third kappa shape index (κ3) is 2.56. The molecule has 0 aromatic carbocycles. The molecule has 1 rings (SSSR count). The summed E-state index contributed by atoms with van der Waals surface area (Å²) in [7, 11) is 1.64. The molecule has 0 saturated carbocycles. The first-order valence-corrected chi connectivity index (χ1v) is 5.64. The maximum absolute atomic E-state index is 10.1. The van der Waals surface area contributed by atoms with Crippen molar-refractivity contribution >= 4 is 11.3 Å². The lowest BCUT2D eigenvalue weighted by Gasteiger charge is -2.32. The van der Waals surface area contributed by atoms with Crippen LogP contribution in [-0.4, -0.2) is 18.3 Å². The van der Waals surface area contributed by atoms with Crippen LogP contribution in [0, 0.1) is 5.41 Å². The molecule has 1 heterocycles. The lowest BCUT2D eigenvalue weighted by atomic mass is 9.84. The van der Waals surface area contributed by atoms with Crippen LogP contribution < -0.4 is 0 Å². The zero-order valence-corrected chi connectivity index (χ0v) is 9.97. The first-order valence-electron chi connectivity index (χ1n) is 4.69. The van der Waals surface area contributed by atoms with Gasteiger partial charge in [0.05, 0.1) is 6.10 Å². The highest BCUT2D eigenvalue weighted by Gasteiger charge is 2.32. The largest absolute Gasteiger partial charge is 0.386 e. The maximum atomic E-state index is 10.1. The fraction of sp³-hybridized carbons (Fsp3) is 0.636. The Labute approximate surface area is 89.5 Å². The fourth-order valence-electron chi connectivity index (χ4n) is 1.57. The molecule has 0 aliphatic rings. The first-order chi connectivity index (χ1) is 6.46. The Morgan fingerprint density at radius 3 is 2.43 bits per heavy atom. The van der Waals surface area contributed by atoms with Gasteiger partial charge in [0.25, 0.3) is 0 Å². The number of hydrogen-bond donors (Lipinski definition) is 1. The van der Waals surface area contributed by atoms with E-state index < -0.39 is 6.10 Å². The molecule has 2 unspecified atom stereocenters. The van der Waals surface area contributed by atoms with Crippen molar-refractivity contribution in [2.45, 2.75) is 33.0 Å². The number of aliphatic hydroxyl groups excluding tert-OH is 1. The maximum Gasteiger partial charge on any atom is 0.106 e. The molecule has 2 atom stereocenters. The van der Waals surface area contributed by atoms with E-state index in [1.54, 1.807) is 18.4 Å². The van der Waals surface area contributed by atoms with Gasteiger partial charge in [0.1, 0.15) is 6.10 Å². The lowest BCUT2D eigenvalue weighted by Crippen LogP contribution is -2.34. The second-order valence-electron chi connectivity index (χ2n) is 4.52. The molecule has 0 saturated heterocycles. The number of hydrogen-bond acceptors (Lipinski definition) is 3. The average Bonchev–Trinajstić information content (AvgIpc) is 2.53. The van der Waals surface area contributed by atoms with Gasteiger partial charge in [0.15, 0.2) is 0 Å². The van der Waals surface area contributed by atoms with Gasteiger partial charge in [-0.05, 0) is 27.8 Å². The Kier molecular flexibility index (Phi) is 3.70. The van der Waals surface area contributed by atoms with Crippen molar-refractivity contribution in [3.8, 4) is 0 Å². The van der Waals surface area contributed by atoms with Crippen LogP contribution in [0.4, 0.5) is 0 Å². The predicted octanol–water partition coefficient (Wildman–Crippen LogP) is 2.84. The molecule has 1 aromatic heterocycles. The topological polar surface area (TPSA) is 29.5 Å². The van der Waals surface area contributed by atoms with Gasteiger partial charge in [-0.15, -0.1) is 0 Å². The molecule has 0 aliphatic carbocycles. The van der Waals surface area contributed by atoms with Crippen LogP contribution in [0.3, 0.4) is 0 Å². The van der Waals surface area contributed by atoms with Crippen molar-refractivity contribution in [3.05, 3.63) is 22.4 Å². The molecule has 0 radical (unpaired) electrons. The van der Waals surface area contributed by atoms with Crippen LogP contribution >= 0.6 is 11.3 Å². The highest BCUT2D eigenvalue weighted by atomic mass is 32.1. The van der Waals surface area contributed by atoms with E-state index in [1.165, 1.54) is 0 Å². The van der Waals surface area contributed by atoms with Crippen molar-refractivity contribution in [2.75, 3.05) is 7.11 Å². The summed E-state index contributed by atoms with van der Waals surface area (Å²) in [6, 6.07) is 1.94. The molecule has 3 heteroatoms. The van der Waals surface area contributed by atoms with Crippen molar-refractivity contribution in [1.29, 1.82) is 0 Å². The monoisotopic (exact) mass is 214 g/mol. The molecule has 0 spiro atoms. The smallest absolute Gasteiger partial charge is 0.106 e. The second-order valence-corrected chi connectivity index (χ2v) is 5.30. The Hall–Kier alpha value is -0.380. The molecule has 14 heavy (non-hydrogen) atoms. The van der Waals surface area contributed by atoms with Gasteiger partial charge in [-0.1, -0.05) is 20.8 Å². The number of ether oxygens (including phenoxy) is 1. The van der Waals surface area contributed by atoms with E-state index in [-0.39, 0.29) is 11.5 Å². The summed E-state index contributed by atoms with van der Waals surface area (Å²) in [5.41, 5.74) is 0.882. The van der Waals surface area contributed by atoms with Gasteiger partial charge >= 0.3 is 0 Å². The zero-order valence-electron chi connectivity index (χ0n) is 9.15. The Morgan fingerprint density at radius 1 is 1.43 bits per heavy atom. The average molecular weight is 214 g/mol. The van der Waals surface area contributed by atoms with Gasteiger partial charge in [-0.2, -0.15) is 11.3 Å². The number of thiophene rings is 1. The fourth-order valence-corrected chi connectivity index (χ4v) is 2.26. The molecule has 0 fully saturated rings. The minimum atomic E-state index is -0.536. The second kappa shape index (κ2) is 4.43. The van der Waals surface area contributed by atoms with Gasteiger partial charge < -0.3 is 9.84 Å². The van der Waals surface area contributed by atoms with Crippen molar-refractivity contribution in [2.24, 2.45) is 5.41 Å². The summed E-state index contributed by atoms with van der Waals surface area (Å²) in [5, 5.41) is 14.0. The molecule has 80 valence electrons. The van der Waals surface area contributed by atoms with E-state index in [0.29, 0.717) is 0 Å². The van der Waals surface area contributed by atoms with Crippen LogP contribution in [0.2, 0.25) is 0 Å². The van der Waals surface area contributed by atoms with Gasteiger partial charge in [0, 0.05) is 7.11 Å². The molecule has 0 bridgehead atoms. The minimum Gasteiger partial charge on any atom is -0.386 e. The van der Waals surface area contributed by atoms with Crippen LogP contribution in [0.15, 0.2) is 16.8 Å². The molecular formula is C11H18O2S. The molecule has 1 aromatic rings. The quantitative estimate of drug-likeness (QED) is 0.838. The standard InChI is InChI=1S/C11H18O2S/c1-11(2,3)10(13-4)9(12)8-5-6-14-7-8/h5-7,9-10,12H,1-4H3. The zero-order chi connectivity index (χ0) is 10.8. The number of rotatable bonds is 3. The first kappa shape index (κ1) is 11.7. The number of methoxy groups -OCH3 is 1. The third-order valence-corrected chi connectivity index (χ3v) is 2.98. The van der Waals surface area contributed by atoms with E-state index in [4.69, 9.17) is 4.74 Å². The van der Waals surface area contributed by atoms with Crippen molar-refractivity contribution in [1.82, 2.24) is 0 Å². The van der Waals surface area contributed by atoms with E-state index >= 15 is 0 Å². The SMILES string of the molecule is COC(C(O)c1ccsc1)C(C)(C)C. The summed E-state index contributed by atoms with van der Waals surface area (Å²) in [5.74, 6) is 0. The van der Waals surface area contributed by atoms with E-state index in [9.17, 15) is 5.11 Å². The normalized spacial score (nSPS) is 16.6. The van der Waals surface area contributed by atoms with Crippen LogP contribution in [0.1, 0.15) is 32.4 Å². The molecule has 0 aliphatic heterocycles. The van der Waals surface area contributed by atoms with E-state index in [2.05, 4.69) is 20.8 Å². The van der Waals surface area contributed by atoms with Gasteiger partial charge in [-0.25, -0.2) is 0 Å². The molecule has 0 amide bonds. The molecule has 1 N–H and O–H groups in total. The molecule has 2 nitrogen and oxygen atoms in total. The Bertz CT molecular complexity index is 261. The summed E-state index contributed by atoms with van der Waals surface area (Å²) in [6.45, 7) is 6.20.